The van der Waals surface area contributed by atoms with Gasteiger partial charge in [-0.15, -0.1) is 11.3 Å². The van der Waals surface area contributed by atoms with Crippen LogP contribution in [0.15, 0.2) is 5.38 Å². The second-order valence-corrected chi connectivity index (χ2v) is 5.50. The Morgan fingerprint density at radius 3 is 2.95 bits per heavy atom. The maximum atomic E-state index is 12.0. The molecule has 0 spiro atoms. The van der Waals surface area contributed by atoms with Gasteiger partial charge in [-0.3, -0.25) is 4.79 Å². The van der Waals surface area contributed by atoms with Crippen molar-refractivity contribution in [3.05, 3.63) is 16.1 Å². The lowest BCUT2D eigenvalue weighted by molar-refractivity contribution is -0.124. The van der Waals surface area contributed by atoms with E-state index in [0.717, 1.165) is 25.8 Å². The van der Waals surface area contributed by atoms with E-state index in [-0.39, 0.29) is 23.7 Å². The predicted octanol–water partition coefficient (Wildman–Crippen LogP) is 1.16. The minimum absolute atomic E-state index is 0.0249. The number of rotatable bonds is 4. The number of carbonyl (C=O) groups excluding carboxylic acids is 1. The van der Waals surface area contributed by atoms with Gasteiger partial charge >= 0.3 is 5.97 Å². The van der Waals surface area contributed by atoms with Gasteiger partial charge in [0.1, 0.15) is 5.01 Å². The lowest BCUT2D eigenvalue weighted by Crippen LogP contribution is -2.47. The Kier molecular flexibility index (Phi) is 4.49. The molecule has 1 saturated heterocycles. The van der Waals surface area contributed by atoms with Crippen LogP contribution in [0.1, 0.15) is 47.7 Å². The third kappa shape index (κ3) is 3.51. The number of nitrogens with zero attached hydrogens (tertiary/aromatic N) is 1. The summed E-state index contributed by atoms with van der Waals surface area (Å²) >= 11 is 1.25. The summed E-state index contributed by atoms with van der Waals surface area (Å²) in [6.07, 6.45) is 3.00. The highest BCUT2D eigenvalue weighted by Crippen LogP contribution is 2.18. The molecule has 19 heavy (non-hydrogen) atoms. The van der Waals surface area contributed by atoms with E-state index in [2.05, 4.69) is 15.6 Å². The average molecular weight is 283 g/mol. The zero-order valence-corrected chi connectivity index (χ0v) is 11.5. The highest BCUT2D eigenvalue weighted by Gasteiger charge is 2.23. The molecule has 0 saturated carbocycles. The van der Waals surface area contributed by atoms with Crippen LogP contribution in [-0.2, 0) is 4.79 Å². The second kappa shape index (κ2) is 6.12. The van der Waals surface area contributed by atoms with Crippen LogP contribution < -0.4 is 10.6 Å². The van der Waals surface area contributed by atoms with Gasteiger partial charge in [0.25, 0.3) is 0 Å². The Labute approximate surface area is 115 Å². The number of aromatic nitrogens is 1. The Morgan fingerprint density at radius 1 is 1.58 bits per heavy atom. The zero-order valence-electron chi connectivity index (χ0n) is 10.7. The molecule has 104 valence electrons. The van der Waals surface area contributed by atoms with Crippen molar-refractivity contribution < 1.29 is 14.7 Å². The molecule has 2 atom stereocenters. The topological polar surface area (TPSA) is 91.3 Å². The number of carboxylic acids is 1. The van der Waals surface area contributed by atoms with Gasteiger partial charge in [0.05, 0.1) is 12.1 Å². The average Bonchev–Trinajstić information content (AvgIpc) is 2.89. The van der Waals surface area contributed by atoms with Crippen molar-refractivity contribution in [2.45, 2.75) is 38.3 Å². The van der Waals surface area contributed by atoms with Crippen LogP contribution in [0, 0.1) is 0 Å². The van der Waals surface area contributed by atoms with Crippen LogP contribution in [0.2, 0.25) is 0 Å². The smallest absolute Gasteiger partial charge is 0.355 e. The first-order valence-corrected chi connectivity index (χ1v) is 7.18. The van der Waals surface area contributed by atoms with Gasteiger partial charge in [0.2, 0.25) is 5.91 Å². The number of thiazole rings is 1. The van der Waals surface area contributed by atoms with E-state index in [0.29, 0.717) is 5.01 Å². The van der Waals surface area contributed by atoms with Crippen LogP contribution in [0.4, 0.5) is 0 Å². The summed E-state index contributed by atoms with van der Waals surface area (Å²) in [7, 11) is 0. The Hall–Kier alpha value is -1.47. The first-order valence-electron chi connectivity index (χ1n) is 6.30. The highest BCUT2D eigenvalue weighted by atomic mass is 32.1. The van der Waals surface area contributed by atoms with Gasteiger partial charge in [-0.05, 0) is 26.3 Å². The standard InChI is InChI=1S/C12H17N3O3S/c1-7(11-15-9(6-19-11)12(17)18)14-10(16)8-4-2-3-5-13-8/h6-8,13H,2-5H2,1H3,(H,14,16)(H,17,18)/t7?,8-/m0/s1. The molecule has 1 aliphatic heterocycles. The predicted molar refractivity (Wildman–Crippen MR) is 71.3 cm³/mol. The van der Waals surface area contributed by atoms with E-state index in [4.69, 9.17) is 5.11 Å². The van der Waals surface area contributed by atoms with E-state index < -0.39 is 5.97 Å². The van der Waals surface area contributed by atoms with E-state index in [1.807, 2.05) is 6.92 Å². The summed E-state index contributed by atoms with van der Waals surface area (Å²) in [5.41, 5.74) is 0.0249. The largest absolute Gasteiger partial charge is 0.476 e. The minimum atomic E-state index is -1.05. The molecule has 2 rings (SSSR count). The molecular weight excluding hydrogens is 266 g/mol. The molecule has 1 aromatic heterocycles. The normalized spacial score (nSPS) is 20.8. The summed E-state index contributed by atoms with van der Waals surface area (Å²) in [6.45, 7) is 2.68. The first-order chi connectivity index (χ1) is 9.08. The van der Waals surface area contributed by atoms with Crippen molar-refractivity contribution in [3.63, 3.8) is 0 Å². The van der Waals surface area contributed by atoms with E-state index in [9.17, 15) is 9.59 Å². The maximum Gasteiger partial charge on any atom is 0.355 e. The maximum absolute atomic E-state index is 12.0. The number of hydrogen-bond acceptors (Lipinski definition) is 5. The van der Waals surface area contributed by atoms with Gasteiger partial charge in [0, 0.05) is 5.38 Å². The summed E-state index contributed by atoms with van der Waals surface area (Å²) in [4.78, 5) is 26.8. The van der Waals surface area contributed by atoms with Gasteiger partial charge in [0.15, 0.2) is 5.69 Å². The highest BCUT2D eigenvalue weighted by molar-refractivity contribution is 7.09. The number of piperidine rings is 1. The molecule has 0 aromatic carbocycles. The molecule has 1 fully saturated rings. The number of nitrogens with one attached hydrogen (secondary N) is 2. The lowest BCUT2D eigenvalue weighted by atomic mass is 10.0. The molecule has 1 aromatic rings. The van der Waals surface area contributed by atoms with Crippen molar-refractivity contribution in [3.8, 4) is 0 Å². The lowest BCUT2D eigenvalue weighted by Gasteiger charge is -2.24. The van der Waals surface area contributed by atoms with Gasteiger partial charge < -0.3 is 15.7 Å². The molecule has 1 amide bonds. The van der Waals surface area contributed by atoms with Crippen molar-refractivity contribution in [2.24, 2.45) is 0 Å². The molecular formula is C12H17N3O3S. The van der Waals surface area contributed by atoms with Crippen LogP contribution >= 0.6 is 11.3 Å². The van der Waals surface area contributed by atoms with Crippen molar-refractivity contribution in [1.82, 2.24) is 15.6 Å². The Bertz CT molecular complexity index is 469. The second-order valence-electron chi connectivity index (χ2n) is 4.61. The number of amides is 1. The summed E-state index contributed by atoms with van der Waals surface area (Å²) < 4.78 is 0. The fourth-order valence-electron chi connectivity index (χ4n) is 2.04. The molecule has 7 heteroatoms. The summed E-state index contributed by atoms with van der Waals surface area (Å²) in [5, 5.41) is 17.0. The van der Waals surface area contributed by atoms with Crippen LogP contribution in [0.3, 0.4) is 0 Å². The molecule has 6 nitrogen and oxygen atoms in total. The Morgan fingerprint density at radius 2 is 2.37 bits per heavy atom. The first kappa shape index (κ1) is 14.0. The molecule has 0 bridgehead atoms. The monoisotopic (exact) mass is 283 g/mol. The molecule has 0 radical (unpaired) electrons. The van der Waals surface area contributed by atoms with Crippen LogP contribution in [0.25, 0.3) is 0 Å². The summed E-state index contributed by atoms with van der Waals surface area (Å²) in [6, 6.07) is -0.413. The van der Waals surface area contributed by atoms with Crippen molar-refractivity contribution >= 4 is 23.2 Å². The molecule has 1 aliphatic rings. The third-order valence-corrected chi connectivity index (χ3v) is 4.12. The number of hydrogen-bond donors (Lipinski definition) is 3. The SMILES string of the molecule is CC(NC(=O)[C@@H]1CCCCN1)c1nc(C(=O)O)cs1. The van der Waals surface area contributed by atoms with E-state index in [1.165, 1.54) is 16.7 Å². The number of carbonyl (C=O) groups is 2. The molecule has 3 N–H and O–H groups in total. The minimum Gasteiger partial charge on any atom is -0.476 e. The van der Waals surface area contributed by atoms with Gasteiger partial charge in [-0.1, -0.05) is 6.42 Å². The van der Waals surface area contributed by atoms with E-state index in [1.54, 1.807) is 0 Å². The summed E-state index contributed by atoms with van der Waals surface area (Å²) in [5.74, 6) is -1.09. The fourth-order valence-corrected chi connectivity index (χ4v) is 2.84. The van der Waals surface area contributed by atoms with Gasteiger partial charge in [-0.25, -0.2) is 9.78 Å². The third-order valence-electron chi connectivity index (χ3n) is 3.10. The quantitative estimate of drug-likeness (QED) is 0.771. The molecule has 2 heterocycles. The number of carboxylic acid groups (broad SMARTS) is 1. The fraction of sp³-hybridized carbons (Fsp3) is 0.583. The van der Waals surface area contributed by atoms with Crippen LogP contribution in [-0.4, -0.2) is 34.6 Å². The van der Waals surface area contributed by atoms with Crippen molar-refractivity contribution in [1.29, 1.82) is 0 Å². The van der Waals surface area contributed by atoms with E-state index >= 15 is 0 Å². The Balaban J connectivity index is 1.93. The van der Waals surface area contributed by atoms with Gasteiger partial charge in [-0.2, -0.15) is 0 Å². The van der Waals surface area contributed by atoms with Crippen LogP contribution in [0.5, 0.6) is 0 Å². The number of aromatic carboxylic acids is 1. The molecule has 1 unspecified atom stereocenters. The zero-order chi connectivity index (χ0) is 13.8. The molecule has 0 aliphatic carbocycles. The van der Waals surface area contributed by atoms with Crippen molar-refractivity contribution in [2.75, 3.05) is 6.54 Å².